The largest absolute Gasteiger partial charge is 0.337 e. The molecule has 40 heavy (non-hydrogen) atoms. The van der Waals surface area contributed by atoms with Crippen LogP contribution in [-0.2, 0) is 0 Å². The summed E-state index contributed by atoms with van der Waals surface area (Å²) in [6.45, 7) is 18.5. The average Bonchev–Trinajstić information content (AvgIpc) is 2.90. The number of rotatable bonds is 6. The van der Waals surface area contributed by atoms with Gasteiger partial charge in [0.05, 0.1) is 12.1 Å². The van der Waals surface area contributed by atoms with Crippen LogP contribution in [0.3, 0.4) is 0 Å². The van der Waals surface area contributed by atoms with Crippen LogP contribution < -0.4 is 10.6 Å². The lowest BCUT2D eigenvalue weighted by atomic mass is 9.74. The first kappa shape index (κ1) is 30.3. The highest BCUT2D eigenvalue weighted by Crippen LogP contribution is 2.37. The van der Waals surface area contributed by atoms with Crippen LogP contribution in [0.4, 0.5) is 11.4 Å². The Labute approximate surface area is 244 Å². The van der Waals surface area contributed by atoms with Crippen LogP contribution in [-0.4, -0.2) is 23.8 Å². The minimum atomic E-state index is 0.285. The first-order valence-electron chi connectivity index (χ1n) is 15.9. The van der Waals surface area contributed by atoms with Crippen molar-refractivity contribution in [2.45, 2.75) is 106 Å². The highest BCUT2D eigenvalue weighted by atomic mass is 15.1. The van der Waals surface area contributed by atoms with E-state index in [0.717, 1.165) is 35.9 Å². The van der Waals surface area contributed by atoms with Gasteiger partial charge in [-0.1, -0.05) is 89.8 Å². The molecule has 2 aliphatic carbocycles. The van der Waals surface area contributed by atoms with Crippen molar-refractivity contribution in [3.05, 3.63) is 59.7 Å². The van der Waals surface area contributed by atoms with E-state index in [2.05, 4.69) is 115 Å². The number of hydrogen-bond donors (Lipinski definition) is 2. The molecule has 0 aliphatic heterocycles. The Morgan fingerprint density at radius 3 is 1.27 bits per heavy atom. The Morgan fingerprint density at radius 1 is 0.600 bits per heavy atom. The smallest absolute Gasteiger partial charge is 0.169 e. The SMILES string of the molecule is Cc1ccc(NC(=N[C@@H]2C[C@H](C)CC[C@@H]2C(C)C)C(=N[C@@H]2C[C@H](C)CC[C@@H]2C(C)C)Nc2ccc(C)cc2)cc1. The van der Waals surface area contributed by atoms with Crippen LogP contribution >= 0.6 is 0 Å². The van der Waals surface area contributed by atoms with Gasteiger partial charge in [0.2, 0.25) is 0 Å². The molecule has 2 fully saturated rings. The molecular formula is C36H54N4. The van der Waals surface area contributed by atoms with Gasteiger partial charge in [-0.05, 0) is 99.3 Å². The molecule has 218 valence electrons. The van der Waals surface area contributed by atoms with Gasteiger partial charge >= 0.3 is 0 Å². The molecule has 0 amide bonds. The highest BCUT2D eigenvalue weighted by molar-refractivity contribution is 6.48. The molecule has 0 spiro atoms. The Bertz CT molecular complexity index is 1040. The molecule has 0 saturated heterocycles. The fourth-order valence-electron chi connectivity index (χ4n) is 6.78. The standard InChI is InChI=1S/C36H54N4/c1-23(2)31-19-13-27(7)21-33(31)39-35(37-29-15-9-25(5)10-16-29)36(38-30-17-11-26(6)12-18-30)40-34-22-28(8)14-20-32(34)24(3)4/h9-12,15-18,23-24,27-28,31-34H,13-14,19-22H2,1-8H3,(H,37,39)(H,38,40)/t27-,28-,31-,32-,33-,34-/m1/s1. The number of anilines is 2. The number of aliphatic imine (C=N–C) groups is 2. The second-order valence-corrected chi connectivity index (χ2v) is 13.7. The average molecular weight is 543 g/mol. The molecule has 0 aromatic heterocycles. The molecule has 2 aromatic rings. The number of nitrogens with zero attached hydrogens (tertiary/aromatic N) is 2. The molecule has 6 atom stereocenters. The van der Waals surface area contributed by atoms with Crippen molar-refractivity contribution in [3.8, 4) is 0 Å². The summed E-state index contributed by atoms with van der Waals surface area (Å²) in [5, 5.41) is 7.52. The number of aryl methyl sites for hydroxylation is 2. The van der Waals surface area contributed by atoms with Crippen molar-refractivity contribution in [2.75, 3.05) is 10.6 Å². The number of hydrogen-bond acceptors (Lipinski definition) is 2. The second kappa shape index (κ2) is 13.8. The van der Waals surface area contributed by atoms with Crippen molar-refractivity contribution in [3.63, 3.8) is 0 Å². The van der Waals surface area contributed by atoms with Crippen molar-refractivity contribution >= 4 is 23.0 Å². The fourth-order valence-corrected chi connectivity index (χ4v) is 6.78. The number of amidine groups is 2. The van der Waals surface area contributed by atoms with Crippen molar-refractivity contribution in [1.29, 1.82) is 0 Å². The van der Waals surface area contributed by atoms with Gasteiger partial charge in [-0.15, -0.1) is 0 Å². The molecule has 0 unspecified atom stereocenters. The van der Waals surface area contributed by atoms with Gasteiger partial charge in [-0.3, -0.25) is 9.98 Å². The summed E-state index contributed by atoms with van der Waals surface area (Å²) < 4.78 is 0. The maximum Gasteiger partial charge on any atom is 0.169 e. The number of benzene rings is 2. The first-order chi connectivity index (χ1) is 19.1. The second-order valence-electron chi connectivity index (χ2n) is 13.7. The molecule has 2 saturated carbocycles. The molecule has 0 heterocycles. The maximum atomic E-state index is 5.59. The van der Waals surface area contributed by atoms with E-state index >= 15 is 0 Å². The Hall–Kier alpha value is -2.62. The third-order valence-corrected chi connectivity index (χ3v) is 9.42. The van der Waals surface area contributed by atoms with E-state index in [9.17, 15) is 0 Å². The third kappa shape index (κ3) is 8.21. The molecule has 2 aromatic carbocycles. The van der Waals surface area contributed by atoms with E-state index in [1.54, 1.807) is 0 Å². The molecule has 0 radical (unpaired) electrons. The minimum absolute atomic E-state index is 0.285. The van der Waals surface area contributed by atoms with Crippen molar-refractivity contribution in [2.24, 2.45) is 45.5 Å². The van der Waals surface area contributed by atoms with Crippen molar-refractivity contribution in [1.82, 2.24) is 0 Å². The molecule has 2 aliphatic rings. The van der Waals surface area contributed by atoms with Crippen LogP contribution in [0.25, 0.3) is 0 Å². The van der Waals surface area contributed by atoms with Crippen LogP contribution in [0, 0.1) is 49.4 Å². The lowest BCUT2D eigenvalue weighted by Crippen LogP contribution is -2.39. The lowest BCUT2D eigenvalue weighted by Gasteiger charge is -2.36. The molecule has 4 heteroatoms. The van der Waals surface area contributed by atoms with E-state index < -0.39 is 0 Å². The summed E-state index contributed by atoms with van der Waals surface area (Å²) in [6.07, 6.45) is 7.36. The van der Waals surface area contributed by atoms with Crippen molar-refractivity contribution < 1.29 is 0 Å². The summed E-state index contributed by atoms with van der Waals surface area (Å²) >= 11 is 0. The maximum absolute atomic E-state index is 5.59. The van der Waals surface area contributed by atoms with E-state index in [0.29, 0.717) is 35.5 Å². The van der Waals surface area contributed by atoms with Gasteiger partial charge in [0.25, 0.3) is 0 Å². The molecule has 0 bridgehead atoms. The van der Waals surface area contributed by atoms with E-state index in [1.165, 1.54) is 36.8 Å². The van der Waals surface area contributed by atoms with E-state index in [4.69, 9.17) is 9.98 Å². The van der Waals surface area contributed by atoms with Gasteiger partial charge in [-0.25, -0.2) is 0 Å². The minimum Gasteiger partial charge on any atom is -0.337 e. The molecular weight excluding hydrogens is 488 g/mol. The van der Waals surface area contributed by atoms with E-state index in [-0.39, 0.29) is 12.1 Å². The summed E-state index contributed by atoms with van der Waals surface area (Å²) in [4.78, 5) is 11.2. The summed E-state index contributed by atoms with van der Waals surface area (Å²) in [5.41, 5.74) is 4.63. The van der Waals surface area contributed by atoms with Gasteiger partial charge in [0.1, 0.15) is 0 Å². The normalized spacial score (nSPS) is 28.1. The van der Waals surface area contributed by atoms with Crippen LogP contribution in [0.15, 0.2) is 58.5 Å². The zero-order chi connectivity index (χ0) is 28.8. The fraction of sp³-hybridized carbons (Fsp3) is 0.611. The van der Waals surface area contributed by atoms with Gasteiger partial charge in [0, 0.05) is 11.4 Å². The van der Waals surface area contributed by atoms with Gasteiger partial charge in [-0.2, -0.15) is 0 Å². The summed E-state index contributed by atoms with van der Waals surface area (Å²) in [7, 11) is 0. The molecule has 2 N–H and O–H groups in total. The Kier molecular flexibility index (Phi) is 10.5. The zero-order valence-electron chi connectivity index (χ0n) is 26.4. The first-order valence-corrected chi connectivity index (χ1v) is 15.9. The van der Waals surface area contributed by atoms with Crippen LogP contribution in [0.5, 0.6) is 0 Å². The molecule has 4 rings (SSSR count). The zero-order valence-corrected chi connectivity index (χ0v) is 26.4. The predicted molar refractivity (Wildman–Crippen MR) is 175 cm³/mol. The number of nitrogens with one attached hydrogen (secondary N) is 2. The van der Waals surface area contributed by atoms with Crippen LogP contribution in [0.2, 0.25) is 0 Å². The summed E-state index contributed by atoms with van der Waals surface area (Å²) in [5.74, 6) is 5.55. The lowest BCUT2D eigenvalue weighted by molar-refractivity contribution is 0.200. The Balaban J connectivity index is 1.82. The Morgan fingerprint density at radius 2 is 0.950 bits per heavy atom. The third-order valence-electron chi connectivity index (χ3n) is 9.42. The van der Waals surface area contributed by atoms with Crippen LogP contribution in [0.1, 0.15) is 91.2 Å². The van der Waals surface area contributed by atoms with E-state index in [1.807, 2.05) is 0 Å². The summed E-state index contributed by atoms with van der Waals surface area (Å²) in [6, 6.07) is 17.9. The van der Waals surface area contributed by atoms with Gasteiger partial charge < -0.3 is 10.6 Å². The topological polar surface area (TPSA) is 48.8 Å². The predicted octanol–water partition coefficient (Wildman–Crippen LogP) is 9.55. The monoisotopic (exact) mass is 542 g/mol. The van der Waals surface area contributed by atoms with Gasteiger partial charge in [0.15, 0.2) is 11.7 Å². The molecule has 4 nitrogen and oxygen atoms in total. The quantitative estimate of drug-likeness (QED) is 0.282. The highest BCUT2D eigenvalue weighted by Gasteiger charge is 2.33.